The molecule has 0 radical (unpaired) electrons. The second-order valence-electron chi connectivity index (χ2n) is 3.16. The molecule has 0 amide bonds. The number of hydrogen-bond donors (Lipinski definition) is 1. The Hall–Kier alpha value is -1.29. The maximum absolute atomic E-state index is 5.55. The number of benzene rings is 1. The number of oxazole rings is 1. The lowest BCUT2D eigenvalue weighted by Gasteiger charge is -2.01. The molecular weight excluding hydrogens is 256 g/mol. The van der Waals surface area contributed by atoms with Crippen LogP contribution in [0, 0.1) is 0 Å². The molecule has 0 aliphatic rings. The molecule has 0 aliphatic heterocycles. The van der Waals surface area contributed by atoms with Crippen LogP contribution in [-0.4, -0.2) is 4.98 Å². The standard InChI is InChI=1S/C11H11BrN2O/c1-2-9-10(14-11(13)15-9)7-5-3-4-6-8(7)12/h3-6H,2H2,1H3,(H2,13,14). The Bertz CT molecular complexity index is 479. The maximum Gasteiger partial charge on any atom is 0.292 e. The minimum absolute atomic E-state index is 0.220. The monoisotopic (exact) mass is 266 g/mol. The molecule has 0 bridgehead atoms. The van der Waals surface area contributed by atoms with Crippen LogP contribution >= 0.6 is 15.9 Å². The van der Waals surface area contributed by atoms with Gasteiger partial charge in [-0.3, -0.25) is 0 Å². The van der Waals surface area contributed by atoms with Crippen molar-refractivity contribution < 1.29 is 4.42 Å². The minimum Gasteiger partial charge on any atom is -0.428 e. The molecule has 0 aliphatic carbocycles. The molecule has 0 spiro atoms. The molecule has 1 aromatic heterocycles. The van der Waals surface area contributed by atoms with Gasteiger partial charge in [-0.25, -0.2) is 0 Å². The smallest absolute Gasteiger partial charge is 0.292 e. The molecule has 0 saturated carbocycles. The first-order valence-corrected chi connectivity index (χ1v) is 5.51. The van der Waals surface area contributed by atoms with E-state index in [2.05, 4.69) is 20.9 Å². The van der Waals surface area contributed by atoms with Crippen molar-refractivity contribution in [2.45, 2.75) is 13.3 Å². The summed E-state index contributed by atoms with van der Waals surface area (Å²) in [6.45, 7) is 2.01. The van der Waals surface area contributed by atoms with E-state index in [1.165, 1.54) is 0 Å². The molecule has 2 N–H and O–H groups in total. The summed E-state index contributed by atoms with van der Waals surface area (Å²) in [6, 6.07) is 8.10. The Morgan fingerprint density at radius 2 is 2.13 bits per heavy atom. The molecule has 78 valence electrons. The SMILES string of the molecule is CCc1oc(N)nc1-c1ccccc1Br. The molecular formula is C11H11BrN2O. The maximum atomic E-state index is 5.55. The number of rotatable bonds is 2. The highest BCUT2D eigenvalue weighted by atomic mass is 79.9. The van der Waals surface area contributed by atoms with Crippen LogP contribution in [-0.2, 0) is 6.42 Å². The third-order valence-corrected chi connectivity index (χ3v) is 2.86. The van der Waals surface area contributed by atoms with Gasteiger partial charge in [-0.15, -0.1) is 0 Å². The summed E-state index contributed by atoms with van der Waals surface area (Å²) in [5, 5.41) is 0. The first-order valence-electron chi connectivity index (χ1n) is 4.72. The van der Waals surface area contributed by atoms with Crippen LogP contribution in [0.25, 0.3) is 11.3 Å². The lowest BCUT2D eigenvalue weighted by atomic mass is 10.1. The topological polar surface area (TPSA) is 52.0 Å². The number of nitrogens with two attached hydrogens (primary N) is 1. The van der Waals surface area contributed by atoms with E-state index in [1.807, 2.05) is 31.2 Å². The van der Waals surface area contributed by atoms with E-state index in [0.29, 0.717) is 0 Å². The lowest BCUT2D eigenvalue weighted by Crippen LogP contribution is -1.86. The van der Waals surface area contributed by atoms with Crippen LogP contribution in [0.2, 0.25) is 0 Å². The van der Waals surface area contributed by atoms with Gasteiger partial charge in [0, 0.05) is 16.5 Å². The fourth-order valence-corrected chi connectivity index (χ4v) is 1.95. The second kappa shape index (κ2) is 4.06. The van der Waals surface area contributed by atoms with Gasteiger partial charge in [0.15, 0.2) is 0 Å². The van der Waals surface area contributed by atoms with Gasteiger partial charge < -0.3 is 10.2 Å². The van der Waals surface area contributed by atoms with Crippen molar-refractivity contribution in [1.29, 1.82) is 0 Å². The van der Waals surface area contributed by atoms with E-state index in [0.717, 1.165) is 27.9 Å². The molecule has 0 saturated heterocycles. The summed E-state index contributed by atoms with van der Waals surface area (Å²) in [5.41, 5.74) is 7.38. The normalized spacial score (nSPS) is 10.5. The fraction of sp³-hybridized carbons (Fsp3) is 0.182. The number of hydrogen-bond acceptors (Lipinski definition) is 3. The molecule has 15 heavy (non-hydrogen) atoms. The highest BCUT2D eigenvalue weighted by molar-refractivity contribution is 9.10. The van der Waals surface area contributed by atoms with Gasteiger partial charge in [-0.05, 0) is 6.07 Å². The third kappa shape index (κ3) is 1.90. The van der Waals surface area contributed by atoms with E-state index in [4.69, 9.17) is 10.2 Å². The predicted octanol–water partition coefficient (Wildman–Crippen LogP) is 3.25. The summed E-state index contributed by atoms with van der Waals surface area (Å²) in [6.07, 6.45) is 0.779. The molecule has 4 heteroatoms. The van der Waals surface area contributed by atoms with E-state index < -0.39 is 0 Å². The number of nitrogens with zero attached hydrogens (tertiary/aromatic N) is 1. The fourth-order valence-electron chi connectivity index (χ4n) is 1.47. The van der Waals surface area contributed by atoms with Crippen LogP contribution in [0.4, 0.5) is 6.01 Å². The second-order valence-corrected chi connectivity index (χ2v) is 4.01. The van der Waals surface area contributed by atoms with Gasteiger partial charge in [0.1, 0.15) is 11.5 Å². The van der Waals surface area contributed by atoms with Crippen molar-refractivity contribution in [2.24, 2.45) is 0 Å². The van der Waals surface area contributed by atoms with Gasteiger partial charge in [0.05, 0.1) is 0 Å². The zero-order chi connectivity index (χ0) is 10.8. The Labute approximate surface area is 96.4 Å². The Balaban J connectivity index is 2.58. The first-order chi connectivity index (χ1) is 7.22. The first kappa shape index (κ1) is 10.2. The zero-order valence-corrected chi connectivity index (χ0v) is 9.91. The van der Waals surface area contributed by atoms with Crippen LogP contribution in [0.1, 0.15) is 12.7 Å². The van der Waals surface area contributed by atoms with E-state index in [9.17, 15) is 0 Å². The summed E-state index contributed by atoms with van der Waals surface area (Å²) >= 11 is 3.48. The average Bonchev–Trinajstić information content (AvgIpc) is 2.60. The lowest BCUT2D eigenvalue weighted by molar-refractivity contribution is 0.530. The third-order valence-electron chi connectivity index (χ3n) is 2.16. The minimum atomic E-state index is 0.220. The highest BCUT2D eigenvalue weighted by Crippen LogP contribution is 2.31. The zero-order valence-electron chi connectivity index (χ0n) is 8.33. The largest absolute Gasteiger partial charge is 0.428 e. The number of anilines is 1. The van der Waals surface area contributed by atoms with Crippen molar-refractivity contribution in [3.8, 4) is 11.3 Å². The van der Waals surface area contributed by atoms with Crippen LogP contribution in [0.3, 0.4) is 0 Å². The number of halogens is 1. The van der Waals surface area contributed by atoms with Crippen molar-refractivity contribution in [3.05, 3.63) is 34.5 Å². The molecule has 0 fully saturated rings. The van der Waals surface area contributed by atoms with Gasteiger partial charge in [-0.1, -0.05) is 41.1 Å². The van der Waals surface area contributed by atoms with E-state index in [-0.39, 0.29) is 6.01 Å². The van der Waals surface area contributed by atoms with Crippen LogP contribution in [0.5, 0.6) is 0 Å². The predicted molar refractivity (Wildman–Crippen MR) is 63.4 cm³/mol. The Morgan fingerprint density at radius 3 is 2.80 bits per heavy atom. The Kier molecular flexibility index (Phi) is 2.77. The van der Waals surface area contributed by atoms with Crippen molar-refractivity contribution >= 4 is 21.9 Å². The Morgan fingerprint density at radius 1 is 1.40 bits per heavy atom. The average molecular weight is 267 g/mol. The molecule has 1 heterocycles. The van der Waals surface area contributed by atoms with Gasteiger partial charge in [0.2, 0.25) is 0 Å². The number of aryl methyl sites for hydroxylation is 1. The summed E-state index contributed by atoms with van der Waals surface area (Å²) in [5.74, 6) is 0.819. The number of aromatic nitrogens is 1. The molecule has 2 aromatic rings. The van der Waals surface area contributed by atoms with E-state index in [1.54, 1.807) is 0 Å². The molecule has 0 unspecified atom stereocenters. The summed E-state index contributed by atoms with van der Waals surface area (Å²) in [4.78, 5) is 4.19. The highest BCUT2D eigenvalue weighted by Gasteiger charge is 2.13. The molecule has 3 nitrogen and oxygen atoms in total. The van der Waals surface area contributed by atoms with Crippen molar-refractivity contribution in [1.82, 2.24) is 4.98 Å². The van der Waals surface area contributed by atoms with Crippen molar-refractivity contribution in [2.75, 3.05) is 5.73 Å². The van der Waals surface area contributed by atoms with E-state index >= 15 is 0 Å². The van der Waals surface area contributed by atoms with Gasteiger partial charge in [-0.2, -0.15) is 4.98 Å². The van der Waals surface area contributed by atoms with Crippen LogP contribution < -0.4 is 5.73 Å². The quantitative estimate of drug-likeness (QED) is 0.908. The number of nitrogen functional groups attached to an aromatic ring is 1. The molecule has 0 atom stereocenters. The molecule has 1 aromatic carbocycles. The van der Waals surface area contributed by atoms with Crippen LogP contribution in [0.15, 0.2) is 33.2 Å². The molecule has 2 rings (SSSR count). The van der Waals surface area contributed by atoms with Gasteiger partial charge >= 0.3 is 0 Å². The summed E-state index contributed by atoms with van der Waals surface area (Å²) in [7, 11) is 0. The van der Waals surface area contributed by atoms with Crippen molar-refractivity contribution in [3.63, 3.8) is 0 Å². The summed E-state index contributed by atoms with van der Waals surface area (Å²) < 4.78 is 6.31. The van der Waals surface area contributed by atoms with Gasteiger partial charge in [0.25, 0.3) is 6.01 Å².